The first kappa shape index (κ1) is 15.2. The average molecular weight is 317 g/mol. The van der Waals surface area contributed by atoms with Gasteiger partial charge >= 0.3 is 5.97 Å². The molecule has 0 radical (unpaired) electrons. The molecular formula is C17H19NO3S. The molecule has 0 atom stereocenters. The third-order valence-electron chi connectivity index (χ3n) is 4.39. The molecule has 1 aliphatic heterocycles. The second-order valence-corrected chi connectivity index (χ2v) is 7.03. The molecule has 0 aromatic heterocycles. The van der Waals surface area contributed by atoms with Crippen LogP contribution in [0.3, 0.4) is 0 Å². The van der Waals surface area contributed by atoms with Crippen molar-refractivity contribution < 1.29 is 14.7 Å². The minimum absolute atomic E-state index is 0.286. The third-order valence-corrected chi connectivity index (χ3v) is 5.38. The van der Waals surface area contributed by atoms with Crippen molar-refractivity contribution >= 4 is 29.7 Å². The lowest BCUT2D eigenvalue weighted by atomic mass is 9.91. The number of allylic oxidation sites excluding steroid dienone is 1. The number of aryl methyl sites for hydroxylation is 1. The van der Waals surface area contributed by atoms with Crippen LogP contribution < -0.4 is 5.32 Å². The van der Waals surface area contributed by atoms with E-state index in [0.717, 1.165) is 35.5 Å². The van der Waals surface area contributed by atoms with Gasteiger partial charge in [0.2, 0.25) is 0 Å². The summed E-state index contributed by atoms with van der Waals surface area (Å²) in [6, 6.07) is 5.60. The second kappa shape index (κ2) is 6.16. The van der Waals surface area contributed by atoms with Gasteiger partial charge in [0.15, 0.2) is 0 Å². The van der Waals surface area contributed by atoms with Crippen molar-refractivity contribution in [2.75, 3.05) is 11.5 Å². The van der Waals surface area contributed by atoms with Gasteiger partial charge in [-0.25, -0.2) is 4.79 Å². The molecule has 1 aromatic rings. The summed E-state index contributed by atoms with van der Waals surface area (Å²) in [7, 11) is 0. The van der Waals surface area contributed by atoms with E-state index in [1.807, 2.05) is 12.1 Å². The Bertz CT molecular complexity index is 633. The summed E-state index contributed by atoms with van der Waals surface area (Å²) in [5, 5.41) is 12.3. The number of fused-ring (bicyclic) bond motifs is 1. The van der Waals surface area contributed by atoms with E-state index in [0.29, 0.717) is 18.4 Å². The van der Waals surface area contributed by atoms with Gasteiger partial charge in [-0.2, -0.15) is 11.8 Å². The Morgan fingerprint density at radius 1 is 1.23 bits per heavy atom. The number of thioether (sulfide) groups is 1. The summed E-state index contributed by atoms with van der Waals surface area (Å²) >= 11 is 1.73. The molecule has 1 aromatic carbocycles. The van der Waals surface area contributed by atoms with Gasteiger partial charge in [-0.05, 0) is 60.4 Å². The largest absolute Gasteiger partial charge is 0.480 e. The van der Waals surface area contributed by atoms with Crippen LogP contribution in [0.25, 0.3) is 6.08 Å². The number of nitrogens with one attached hydrogen (secondary N) is 1. The molecule has 1 heterocycles. The van der Waals surface area contributed by atoms with Gasteiger partial charge in [0.25, 0.3) is 5.91 Å². The van der Waals surface area contributed by atoms with Gasteiger partial charge < -0.3 is 10.4 Å². The molecule has 1 amide bonds. The Balaban J connectivity index is 1.81. The Labute approximate surface area is 134 Å². The molecule has 0 spiro atoms. The normalized spacial score (nSPS) is 19.3. The van der Waals surface area contributed by atoms with Gasteiger partial charge in [0, 0.05) is 5.56 Å². The molecule has 2 N–H and O–H groups in total. The quantitative estimate of drug-likeness (QED) is 0.899. The summed E-state index contributed by atoms with van der Waals surface area (Å²) < 4.78 is 0. The van der Waals surface area contributed by atoms with Crippen molar-refractivity contribution in [3.63, 3.8) is 0 Å². The molecule has 0 bridgehead atoms. The SMILES string of the molecule is O=C(NC1(C(=O)O)CCSCC1)c1ccc2c(c1)CCC=C2. The van der Waals surface area contributed by atoms with Gasteiger partial charge in [-0.1, -0.05) is 18.2 Å². The van der Waals surface area contributed by atoms with Gasteiger partial charge in [-0.15, -0.1) is 0 Å². The van der Waals surface area contributed by atoms with E-state index in [1.54, 1.807) is 17.8 Å². The van der Waals surface area contributed by atoms with E-state index in [9.17, 15) is 14.7 Å². The van der Waals surface area contributed by atoms with Crippen LogP contribution in [-0.2, 0) is 11.2 Å². The predicted octanol–water partition coefficient (Wildman–Crippen LogP) is 2.73. The first-order chi connectivity index (χ1) is 10.6. The van der Waals surface area contributed by atoms with Crippen LogP contribution in [0.4, 0.5) is 0 Å². The van der Waals surface area contributed by atoms with Crippen molar-refractivity contribution in [3.8, 4) is 0 Å². The van der Waals surface area contributed by atoms with Crippen LogP contribution in [0, 0.1) is 0 Å². The molecule has 0 unspecified atom stereocenters. The van der Waals surface area contributed by atoms with Crippen LogP contribution >= 0.6 is 11.8 Å². The summed E-state index contributed by atoms with van der Waals surface area (Å²) in [6.07, 6.45) is 7.06. The molecule has 116 valence electrons. The Morgan fingerprint density at radius 3 is 2.73 bits per heavy atom. The number of rotatable bonds is 3. The van der Waals surface area contributed by atoms with Crippen LogP contribution in [-0.4, -0.2) is 34.0 Å². The molecule has 1 aliphatic carbocycles. The molecule has 1 fully saturated rings. The maximum atomic E-state index is 12.5. The zero-order valence-electron chi connectivity index (χ0n) is 12.3. The Morgan fingerprint density at radius 2 is 2.00 bits per heavy atom. The maximum Gasteiger partial charge on any atom is 0.329 e. The summed E-state index contributed by atoms with van der Waals surface area (Å²) in [6.45, 7) is 0. The zero-order chi connectivity index (χ0) is 15.6. The number of carboxylic acid groups (broad SMARTS) is 1. The Hall–Kier alpha value is -1.75. The number of hydrogen-bond acceptors (Lipinski definition) is 3. The molecule has 1 saturated heterocycles. The summed E-state index contributed by atoms with van der Waals surface area (Å²) in [4.78, 5) is 24.2. The van der Waals surface area contributed by atoms with E-state index in [-0.39, 0.29) is 5.91 Å². The number of carbonyl (C=O) groups is 2. The lowest BCUT2D eigenvalue weighted by molar-refractivity contribution is -0.144. The number of amides is 1. The van der Waals surface area contributed by atoms with Crippen molar-refractivity contribution in [1.82, 2.24) is 5.32 Å². The van der Waals surface area contributed by atoms with Crippen LogP contribution in [0.1, 0.15) is 40.7 Å². The lowest BCUT2D eigenvalue weighted by Gasteiger charge is -2.33. The molecule has 5 heteroatoms. The highest BCUT2D eigenvalue weighted by atomic mass is 32.2. The number of benzene rings is 1. The first-order valence-corrected chi connectivity index (χ1v) is 8.69. The number of carbonyl (C=O) groups excluding carboxylic acids is 1. The first-order valence-electron chi connectivity index (χ1n) is 7.54. The Kier molecular flexibility index (Phi) is 4.25. The van der Waals surface area contributed by atoms with Crippen LogP contribution in [0.15, 0.2) is 24.3 Å². The molecule has 4 nitrogen and oxygen atoms in total. The van der Waals surface area contributed by atoms with Gasteiger partial charge in [-0.3, -0.25) is 4.79 Å². The van der Waals surface area contributed by atoms with E-state index >= 15 is 0 Å². The highest BCUT2D eigenvalue weighted by molar-refractivity contribution is 7.99. The maximum absolute atomic E-state index is 12.5. The second-order valence-electron chi connectivity index (χ2n) is 5.81. The molecule has 22 heavy (non-hydrogen) atoms. The molecule has 0 saturated carbocycles. The molecular weight excluding hydrogens is 298 g/mol. The molecule has 2 aliphatic rings. The number of aliphatic carboxylic acids is 1. The van der Waals surface area contributed by atoms with Gasteiger partial charge in [0.05, 0.1) is 0 Å². The zero-order valence-corrected chi connectivity index (χ0v) is 13.1. The average Bonchev–Trinajstić information content (AvgIpc) is 2.55. The minimum Gasteiger partial charge on any atom is -0.480 e. The monoisotopic (exact) mass is 317 g/mol. The highest BCUT2D eigenvalue weighted by Gasteiger charge is 2.41. The smallest absolute Gasteiger partial charge is 0.329 e. The molecule has 3 rings (SSSR count). The van der Waals surface area contributed by atoms with Gasteiger partial charge in [0.1, 0.15) is 5.54 Å². The van der Waals surface area contributed by atoms with Crippen molar-refractivity contribution in [2.24, 2.45) is 0 Å². The minimum atomic E-state index is -1.11. The summed E-state index contributed by atoms with van der Waals surface area (Å²) in [5.41, 5.74) is 1.73. The number of hydrogen-bond donors (Lipinski definition) is 2. The van der Waals surface area contributed by atoms with Crippen LogP contribution in [0.5, 0.6) is 0 Å². The van der Waals surface area contributed by atoms with E-state index < -0.39 is 11.5 Å². The fraction of sp³-hybridized carbons (Fsp3) is 0.412. The van der Waals surface area contributed by atoms with Crippen LogP contribution in [0.2, 0.25) is 0 Å². The van der Waals surface area contributed by atoms with Crippen molar-refractivity contribution in [3.05, 3.63) is 41.0 Å². The summed E-state index contributed by atoms with van der Waals surface area (Å²) in [5.74, 6) is 0.317. The highest BCUT2D eigenvalue weighted by Crippen LogP contribution is 2.28. The third kappa shape index (κ3) is 2.90. The predicted molar refractivity (Wildman–Crippen MR) is 88.2 cm³/mol. The van der Waals surface area contributed by atoms with Crippen molar-refractivity contribution in [2.45, 2.75) is 31.2 Å². The standard InChI is InChI=1S/C17H19NO3S/c19-15(18-17(16(20)21)7-9-22-10-8-17)14-6-5-12-3-1-2-4-13(12)11-14/h1,3,5-6,11H,2,4,7-10H2,(H,18,19)(H,20,21). The fourth-order valence-electron chi connectivity index (χ4n) is 2.98. The lowest BCUT2D eigenvalue weighted by Crippen LogP contribution is -2.56. The van der Waals surface area contributed by atoms with E-state index in [1.165, 1.54) is 0 Å². The fourth-order valence-corrected chi connectivity index (χ4v) is 4.17. The van der Waals surface area contributed by atoms with E-state index in [4.69, 9.17) is 0 Å². The number of carboxylic acids is 1. The topological polar surface area (TPSA) is 66.4 Å². The van der Waals surface area contributed by atoms with Crippen molar-refractivity contribution in [1.29, 1.82) is 0 Å². The van der Waals surface area contributed by atoms with E-state index in [2.05, 4.69) is 17.5 Å².